The number of para-hydroxylation sites is 1. The fourth-order valence-corrected chi connectivity index (χ4v) is 4.41. The molecule has 7 heteroatoms. The number of hydrogen-bond acceptors (Lipinski definition) is 3. The number of amides is 2. The van der Waals surface area contributed by atoms with Crippen molar-refractivity contribution in [3.05, 3.63) is 96.3 Å². The number of halogens is 1. The molecule has 3 rings (SSSR count). The smallest absolute Gasteiger partial charge is 0.319 e. The van der Waals surface area contributed by atoms with Gasteiger partial charge in [0.2, 0.25) is 0 Å². The van der Waals surface area contributed by atoms with Crippen LogP contribution in [0.2, 0.25) is 0 Å². The van der Waals surface area contributed by atoms with Crippen LogP contribution in [0.4, 0.5) is 14.9 Å². The molecule has 0 aliphatic rings. The number of rotatable bonds is 6. The Bertz CT molecular complexity index is 1020. The Morgan fingerprint density at radius 2 is 1.43 bits per heavy atom. The van der Waals surface area contributed by atoms with E-state index in [4.69, 9.17) is 0 Å². The lowest BCUT2D eigenvalue weighted by molar-refractivity contribution is 0.252. The highest BCUT2D eigenvalue weighted by molar-refractivity contribution is 7.91. The summed E-state index contributed by atoms with van der Waals surface area (Å²) in [5.74, 6) is -0.518. The summed E-state index contributed by atoms with van der Waals surface area (Å²) in [5.41, 5.74) is 1.13. The van der Waals surface area contributed by atoms with Crippen LogP contribution in [0.3, 0.4) is 0 Å². The summed E-state index contributed by atoms with van der Waals surface area (Å²) in [7, 11) is -3.85. The minimum atomic E-state index is -3.85. The van der Waals surface area contributed by atoms with Gasteiger partial charge in [-0.1, -0.05) is 48.5 Å². The highest BCUT2D eigenvalue weighted by Gasteiger charge is 2.29. The highest BCUT2D eigenvalue weighted by Crippen LogP contribution is 2.28. The van der Waals surface area contributed by atoms with Crippen molar-refractivity contribution in [2.24, 2.45) is 0 Å². The van der Waals surface area contributed by atoms with Crippen molar-refractivity contribution in [1.29, 1.82) is 0 Å². The second-order valence-corrected chi connectivity index (χ2v) is 8.23. The Morgan fingerprint density at radius 1 is 0.857 bits per heavy atom. The lowest BCUT2D eigenvalue weighted by atomic mass is 10.1. The van der Waals surface area contributed by atoms with Gasteiger partial charge in [-0.25, -0.2) is 17.6 Å². The first-order valence-corrected chi connectivity index (χ1v) is 10.2. The van der Waals surface area contributed by atoms with Crippen LogP contribution >= 0.6 is 0 Å². The third-order valence-corrected chi connectivity index (χ3v) is 6.28. The monoisotopic (exact) mass is 398 g/mol. The van der Waals surface area contributed by atoms with E-state index in [2.05, 4.69) is 10.6 Å². The summed E-state index contributed by atoms with van der Waals surface area (Å²) in [6.07, 6.45) is 0. The average Bonchev–Trinajstić information content (AvgIpc) is 2.70. The zero-order valence-electron chi connectivity index (χ0n) is 14.9. The quantitative estimate of drug-likeness (QED) is 0.612. The summed E-state index contributed by atoms with van der Waals surface area (Å²) in [4.78, 5) is 12.2. The Hall–Kier alpha value is -3.19. The van der Waals surface area contributed by atoms with Crippen molar-refractivity contribution in [3.8, 4) is 0 Å². The lowest BCUT2D eigenvalue weighted by Gasteiger charge is -2.19. The van der Waals surface area contributed by atoms with Crippen LogP contribution in [0.5, 0.6) is 0 Å². The predicted octanol–water partition coefficient (Wildman–Crippen LogP) is 4.16. The first-order chi connectivity index (χ1) is 13.5. The van der Waals surface area contributed by atoms with Crippen LogP contribution in [-0.2, 0) is 9.84 Å². The number of sulfone groups is 1. The maximum absolute atomic E-state index is 13.2. The maximum atomic E-state index is 13.2. The number of nitrogens with one attached hydrogen (secondary N) is 2. The molecule has 0 radical (unpaired) electrons. The fourth-order valence-electron chi connectivity index (χ4n) is 2.75. The third kappa shape index (κ3) is 4.75. The summed E-state index contributed by atoms with van der Waals surface area (Å²) < 4.78 is 39.4. The molecule has 0 saturated carbocycles. The van der Waals surface area contributed by atoms with Gasteiger partial charge in [0.15, 0.2) is 9.84 Å². The largest absolute Gasteiger partial charge is 0.336 e. The van der Waals surface area contributed by atoms with Crippen LogP contribution in [-0.4, -0.2) is 21.0 Å². The molecule has 0 fully saturated rings. The molecule has 1 unspecified atom stereocenters. The predicted molar refractivity (Wildman–Crippen MR) is 106 cm³/mol. The number of carbonyl (C=O) groups is 1. The Labute approximate surface area is 163 Å². The van der Waals surface area contributed by atoms with E-state index in [1.165, 1.54) is 12.1 Å². The zero-order valence-corrected chi connectivity index (χ0v) is 15.7. The lowest BCUT2D eigenvalue weighted by Crippen LogP contribution is -2.34. The van der Waals surface area contributed by atoms with Crippen molar-refractivity contribution < 1.29 is 17.6 Å². The van der Waals surface area contributed by atoms with Gasteiger partial charge in [0.1, 0.15) is 11.1 Å². The molecule has 3 aromatic carbocycles. The Kier molecular flexibility index (Phi) is 6.06. The van der Waals surface area contributed by atoms with E-state index in [-0.39, 0.29) is 11.4 Å². The number of hydrogen-bond donors (Lipinski definition) is 2. The molecular weight excluding hydrogens is 379 g/mol. The highest BCUT2D eigenvalue weighted by atomic mass is 32.2. The van der Waals surface area contributed by atoms with E-state index in [0.29, 0.717) is 11.3 Å². The van der Waals surface area contributed by atoms with E-state index >= 15 is 0 Å². The molecule has 2 amide bonds. The first-order valence-electron chi connectivity index (χ1n) is 8.61. The van der Waals surface area contributed by atoms with Crippen molar-refractivity contribution in [2.75, 3.05) is 11.9 Å². The standard InChI is InChI=1S/C21H19FN2O3S/c22-17-11-13-19(14-12-17)28(26,27)20(16-7-3-1-4-8-16)15-23-21(25)24-18-9-5-2-6-10-18/h1-14,20H,15H2,(H2,23,24,25). The van der Waals surface area contributed by atoms with E-state index in [9.17, 15) is 17.6 Å². The molecule has 1 atom stereocenters. The van der Waals surface area contributed by atoms with Crippen LogP contribution in [0.25, 0.3) is 0 Å². The van der Waals surface area contributed by atoms with Gasteiger partial charge in [-0.2, -0.15) is 0 Å². The minimum Gasteiger partial charge on any atom is -0.336 e. The number of benzene rings is 3. The average molecular weight is 398 g/mol. The van der Waals surface area contributed by atoms with Gasteiger partial charge in [0, 0.05) is 12.2 Å². The van der Waals surface area contributed by atoms with E-state index in [0.717, 1.165) is 12.1 Å². The molecule has 0 aliphatic heterocycles. The second-order valence-electron chi connectivity index (χ2n) is 6.10. The first kappa shape index (κ1) is 19.6. The van der Waals surface area contributed by atoms with E-state index < -0.39 is 26.9 Å². The van der Waals surface area contributed by atoms with Crippen LogP contribution in [0, 0.1) is 5.82 Å². The number of anilines is 1. The van der Waals surface area contributed by atoms with Gasteiger partial charge < -0.3 is 10.6 Å². The van der Waals surface area contributed by atoms with Crippen molar-refractivity contribution >= 4 is 21.6 Å². The van der Waals surface area contributed by atoms with Gasteiger partial charge in [-0.05, 0) is 42.0 Å². The molecule has 0 heterocycles. The molecule has 0 spiro atoms. The van der Waals surface area contributed by atoms with Gasteiger partial charge in [-0.3, -0.25) is 0 Å². The maximum Gasteiger partial charge on any atom is 0.319 e. The Morgan fingerprint density at radius 3 is 2.04 bits per heavy atom. The zero-order chi connectivity index (χ0) is 20.0. The van der Waals surface area contributed by atoms with Gasteiger partial charge in [0.05, 0.1) is 4.90 Å². The molecule has 0 aliphatic carbocycles. The summed E-state index contributed by atoms with van der Waals surface area (Å²) in [6.45, 7) is -0.137. The van der Waals surface area contributed by atoms with E-state index in [1.807, 2.05) is 6.07 Å². The second kappa shape index (κ2) is 8.67. The number of urea groups is 1. The van der Waals surface area contributed by atoms with Gasteiger partial charge in [0.25, 0.3) is 0 Å². The summed E-state index contributed by atoms with van der Waals surface area (Å²) >= 11 is 0. The molecule has 5 nitrogen and oxygen atoms in total. The third-order valence-electron chi connectivity index (χ3n) is 4.17. The molecule has 0 aromatic heterocycles. The van der Waals surface area contributed by atoms with Crippen molar-refractivity contribution in [1.82, 2.24) is 5.32 Å². The van der Waals surface area contributed by atoms with Gasteiger partial charge >= 0.3 is 6.03 Å². The minimum absolute atomic E-state index is 0.00646. The Balaban J connectivity index is 1.82. The molecule has 3 aromatic rings. The number of carbonyl (C=O) groups excluding carboxylic acids is 1. The molecule has 0 saturated heterocycles. The van der Waals surface area contributed by atoms with Crippen LogP contribution in [0.15, 0.2) is 89.8 Å². The normalized spacial score (nSPS) is 12.2. The molecule has 144 valence electrons. The van der Waals surface area contributed by atoms with Crippen molar-refractivity contribution in [2.45, 2.75) is 10.1 Å². The topological polar surface area (TPSA) is 75.3 Å². The van der Waals surface area contributed by atoms with Crippen LogP contribution in [0.1, 0.15) is 10.8 Å². The summed E-state index contributed by atoms with van der Waals surface area (Å²) in [6, 6.07) is 21.6. The summed E-state index contributed by atoms with van der Waals surface area (Å²) in [5, 5.41) is 4.25. The fraction of sp³-hybridized carbons (Fsp3) is 0.0952. The molecule has 2 N–H and O–H groups in total. The van der Waals surface area contributed by atoms with Crippen LogP contribution < -0.4 is 10.6 Å². The SMILES string of the molecule is O=C(NCC(c1ccccc1)S(=O)(=O)c1ccc(F)cc1)Nc1ccccc1. The van der Waals surface area contributed by atoms with E-state index in [1.54, 1.807) is 54.6 Å². The van der Waals surface area contributed by atoms with Gasteiger partial charge in [-0.15, -0.1) is 0 Å². The molecular formula is C21H19FN2O3S. The molecule has 0 bridgehead atoms. The molecule has 28 heavy (non-hydrogen) atoms. The van der Waals surface area contributed by atoms with Crippen molar-refractivity contribution in [3.63, 3.8) is 0 Å².